The van der Waals surface area contributed by atoms with Crippen molar-refractivity contribution < 1.29 is 19.1 Å². The lowest BCUT2D eigenvalue weighted by molar-refractivity contribution is -0.164. The van der Waals surface area contributed by atoms with E-state index in [1.807, 2.05) is 6.07 Å². The maximum absolute atomic E-state index is 11.8. The van der Waals surface area contributed by atoms with E-state index < -0.39 is 18.0 Å². The number of carbonyl (C=O) groups excluding carboxylic acids is 2. The Morgan fingerprint density at radius 3 is 2.75 bits per heavy atom. The lowest BCUT2D eigenvalue weighted by Crippen LogP contribution is -2.25. The number of aromatic nitrogens is 3. The van der Waals surface area contributed by atoms with E-state index in [9.17, 15) is 9.59 Å². The molecule has 0 aliphatic carbocycles. The summed E-state index contributed by atoms with van der Waals surface area (Å²) in [5.41, 5.74) is 2.28. The van der Waals surface area contributed by atoms with E-state index in [0.717, 1.165) is 17.1 Å². The van der Waals surface area contributed by atoms with Crippen LogP contribution in [0, 0.1) is 0 Å². The SMILES string of the molecule is COC(=O)C(C)OC(=O)CCc1cc(-c2ccc(Cl)cn2)n(C)n1. The fraction of sp³-hybridized carbons (Fsp3) is 0.375. The zero-order chi connectivity index (χ0) is 17.7. The fourth-order valence-electron chi connectivity index (χ4n) is 2.12. The molecule has 24 heavy (non-hydrogen) atoms. The lowest BCUT2D eigenvalue weighted by Gasteiger charge is -2.10. The molecule has 128 valence electrons. The highest BCUT2D eigenvalue weighted by Gasteiger charge is 2.18. The Morgan fingerprint density at radius 2 is 2.12 bits per heavy atom. The molecule has 0 saturated carbocycles. The van der Waals surface area contributed by atoms with Crippen molar-refractivity contribution in [2.75, 3.05) is 7.11 Å². The predicted molar refractivity (Wildman–Crippen MR) is 87.3 cm³/mol. The van der Waals surface area contributed by atoms with Gasteiger partial charge in [0.15, 0.2) is 6.10 Å². The van der Waals surface area contributed by atoms with Crippen LogP contribution in [0.1, 0.15) is 19.0 Å². The summed E-state index contributed by atoms with van der Waals surface area (Å²) in [7, 11) is 3.04. The Hall–Kier alpha value is -2.41. The van der Waals surface area contributed by atoms with Gasteiger partial charge in [-0.05, 0) is 25.1 Å². The summed E-state index contributed by atoms with van der Waals surface area (Å²) >= 11 is 5.83. The molecule has 0 saturated heterocycles. The second kappa shape index (κ2) is 7.92. The zero-order valence-electron chi connectivity index (χ0n) is 13.7. The number of hydrogen-bond acceptors (Lipinski definition) is 6. The Labute approximate surface area is 144 Å². The van der Waals surface area contributed by atoms with Crippen molar-refractivity contribution in [2.24, 2.45) is 7.05 Å². The summed E-state index contributed by atoms with van der Waals surface area (Å²) < 4.78 is 11.2. The molecule has 8 heteroatoms. The minimum atomic E-state index is -0.917. The van der Waals surface area contributed by atoms with Gasteiger partial charge < -0.3 is 9.47 Å². The molecule has 0 radical (unpaired) electrons. The van der Waals surface area contributed by atoms with Gasteiger partial charge in [-0.15, -0.1) is 0 Å². The summed E-state index contributed by atoms with van der Waals surface area (Å²) in [6.07, 6.45) is 1.16. The maximum atomic E-state index is 11.8. The predicted octanol–water partition coefficient (Wildman–Crippen LogP) is 2.17. The normalized spacial score (nSPS) is 11.8. The molecule has 0 aliphatic rings. The van der Waals surface area contributed by atoms with Crippen molar-refractivity contribution in [3.8, 4) is 11.4 Å². The van der Waals surface area contributed by atoms with Gasteiger partial charge in [-0.1, -0.05) is 11.6 Å². The van der Waals surface area contributed by atoms with Gasteiger partial charge in [0.25, 0.3) is 0 Å². The first-order chi connectivity index (χ1) is 11.4. The quantitative estimate of drug-likeness (QED) is 0.742. The molecule has 2 rings (SSSR count). The van der Waals surface area contributed by atoms with E-state index >= 15 is 0 Å². The molecule has 2 heterocycles. The third-order valence-electron chi connectivity index (χ3n) is 3.35. The number of rotatable bonds is 6. The molecule has 2 aromatic heterocycles. The smallest absolute Gasteiger partial charge is 0.346 e. The van der Waals surface area contributed by atoms with Gasteiger partial charge in [0.2, 0.25) is 0 Å². The topological polar surface area (TPSA) is 83.3 Å². The standard InChI is InChI=1S/C16H18ClN3O4/c1-10(16(22)23-3)24-15(21)7-5-12-8-14(20(2)19-12)13-6-4-11(17)9-18-13/h4,6,8-10H,5,7H2,1-3H3. The molecule has 0 fully saturated rings. The second-order valence-electron chi connectivity index (χ2n) is 5.16. The molecule has 0 spiro atoms. The van der Waals surface area contributed by atoms with Gasteiger partial charge in [-0.2, -0.15) is 5.10 Å². The van der Waals surface area contributed by atoms with Crippen molar-refractivity contribution in [2.45, 2.75) is 25.9 Å². The van der Waals surface area contributed by atoms with Crippen LogP contribution in [0.4, 0.5) is 0 Å². The Kier molecular flexibility index (Phi) is 5.92. The van der Waals surface area contributed by atoms with Gasteiger partial charge in [0.05, 0.1) is 35.6 Å². The number of carbonyl (C=O) groups is 2. The van der Waals surface area contributed by atoms with Crippen LogP contribution in [0.5, 0.6) is 0 Å². The zero-order valence-corrected chi connectivity index (χ0v) is 14.4. The summed E-state index contributed by atoms with van der Waals surface area (Å²) in [5, 5.41) is 4.92. The summed E-state index contributed by atoms with van der Waals surface area (Å²) in [4.78, 5) is 27.2. The van der Waals surface area contributed by atoms with Crippen molar-refractivity contribution in [3.63, 3.8) is 0 Å². The summed E-state index contributed by atoms with van der Waals surface area (Å²) in [6, 6.07) is 5.41. The molecular weight excluding hydrogens is 334 g/mol. The number of pyridine rings is 1. The molecule has 0 amide bonds. The molecule has 1 unspecified atom stereocenters. The minimum absolute atomic E-state index is 0.117. The Balaban J connectivity index is 1.97. The number of aryl methyl sites for hydroxylation is 2. The fourth-order valence-corrected chi connectivity index (χ4v) is 2.23. The number of hydrogen-bond donors (Lipinski definition) is 0. The van der Waals surface area contributed by atoms with E-state index in [0.29, 0.717) is 11.4 Å². The van der Waals surface area contributed by atoms with Gasteiger partial charge in [-0.25, -0.2) is 4.79 Å². The van der Waals surface area contributed by atoms with Crippen LogP contribution in [0.15, 0.2) is 24.4 Å². The Bertz CT molecular complexity index is 727. The van der Waals surface area contributed by atoms with Crippen molar-refractivity contribution in [3.05, 3.63) is 35.1 Å². The van der Waals surface area contributed by atoms with Gasteiger partial charge in [0.1, 0.15) is 0 Å². The summed E-state index contributed by atoms with van der Waals surface area (Å²) in [6.45, 7) is 1.47. The highest BCUT2D eigenvalue weighted by molar-refractivity contribution is 6.30. The first-order valence-corrected chi connectivity index (χ1v) is 7.70. The van der Waals surface area contributed by atoms with Gasteiger partial charge >= 0.3 is 11.9 Å². The van der Waals surface area contributed by atoms with Crippen LogP contribution in [0.3, 0.4) is 0 Å². The molecular formula is C16H18ClN3O4. The van der Waals surface area contributed by atoms with E-state index in [1.165, 1.54) is 14.0 Å². The van der Waals surface area contributed by atoms with Crippen LogP contribution in [-0.2, 0) is 32.5 Å². The van der Waals surface area contributed by atoms with Gasteiger partial charge in [-0.3, -0.25) is 14.5 Å². The van der Waals surface area contributed by atoms with Crippen molar-refractivity contribution in [1.82, 2.24) is 14.8 Å². The maximum Gasteiger partial charge on any atom is 0.346 e. The van der Waals surface area contributed by atoms with Crippen molar-refractivity contribution >= 4 is 23.5 Å². The molecule has 2 aromatic rings. The number of esters is 2. The van der Waals surface area contributed by atoms with Crippen LogP contribution in [0.2, 0.25) is 5.02 Å². The molecule has 0 N–H and O–H groups in total. The number of ether oxygens (including phenoxy) is 2. The van der Waals surface area contributed by atoms with Crippen LogP contribution < -0.4 is 0 Å². The Morgan fingerprint density at radius 1 is 1.38 bits per heavy atom. The summed E-state index contributed by atoms with van der Waals surface area (Å²) in [5.74, 6) is -1.07. The first-order valence-electron chi connectivity index (χ1n) is 7.33. The second-order valence-corrected chi connectivity index (χ2v) is 5.60. The third-order valence-corrected chi connectivity index (χ3v) is 3.57. The van der Waals surface area contributed by atoms with E-state index in [2.05, 4.69) is 14.8 Å². The van der Waals surface area contributed by atoms with E-state index in [1.54, 1.807) is 30.1 Å². The highest BCUT2D eigenvalue weighted by Crippen LogP contribution is 2.20. The lowest BCUT2D eigenvalue weighted by atomic mass is 10.2. The minimum Gasteiger partial charge on any atom is -0.466 e. The number of methoxy groups -OCH3 is 1. The third kappa shape index (κ3) is 4.55. The molecule has 0 aliphatic heterocycles. The van der Waals surface area contributed by atoms with Crippen LogP contribution in [-0.4, -0.2) is 39.9 Å². The first kappa shape index (κ1) is 17.9. The number of halogens is 1. The molecule has 1 atom stereocenters. The largest absolute Gasteiger partial charge is 0.466 e. The monoisotopic (exact) mass is 351 g/mol. The molecule has 0 bridgehead atoms. The number of nitrogens with zero attached hydrogens (tertiary/aromatic N) is 3. The molecule has 7 nitrogen and oxygen atoms in total. The van der Waals surface area contributed by atoms with Gasteiger partial charge in [0, 0.05) is 19.7 Å². The average Bonchev–Trinajstić information content (AvgIpc) is 2.93. The van der Waals surface area contributed by atoms with Crippen molar-refractivity contribution in [1.29, 1.82) is 0 Å². The van der Waals surface area contributed by atoms with Crippen LogP contribution >= 0.6 is 11.6 Å². The highest BCUT2D eigenvalue weighted by atomic mass is 35.5. The van der Waals surface area contributed by atoms with E-state index in [-0.39, 0.29) is 6.42 Å². The van der Waals surface area contributed by atoms with E-state index in [4.69, 9.17) is 16.3 Å². The van der Waals surface area contributed by atoms with Crippen LogP contribution in [0.25, 0.3) is 11.4 Å². The molecule has 0 aromatic carbocycles. The average molecular weight is 352 g/mol.